The molecule has 0 amide bonds. The standard InChI is InChI=1S/C7H8F3N3S/c1-2-14-5-3-4(11)12-6(13-5)7(8,9)10/h3H,2H2,1H3,(H2,11,12,13). The number of halogens is 3. The molecule has 0 aliphatic heterocycles. The van der Waals surface area contributed by atoms with Crippen LogP contribution in [0.2, 0.25) is 0 Å². The normalized spacial score (nSPS) is 11.7. The number of anilines is 1. The van der Waals surface area contributed by atoms with Gasteiger partial charge in [0.15, 0.2) is 0 Å². The van der Waals surface area contributed by atoms with Gasteiger partial charge in [0.25, 0.3) is 0 Å². The number of nitrogens with two attached hydrogens (primary N) is 1. The second kappa shape index (κ2) is 4.04. The van der Waals surface area contributed by atoms with Crippen molar-refractivity contribution in [2.24, 2.45) is 0 Å². The fourth-order valence-electron chi connectivity index (χ4n) is 0.791. The zero-order chi connectivity index (χ0) is 10.8. The van der Waals surface area contributed by atoms with Crippen molar-refractivity contribution in [2.75, 3.05) is 11.5 Å². The van der Waals surface area contributed by atoms with Crippen LogP contribution in [0.5, 0.6) is 0 Å². The monoisotopic (exact) mass is 223 g/mol. The van der Waals surface area contributed by atoms with E-state index in [9.17, 15) is 13.2 Å². The Morgan fingerprint density at radius 2 is 2.07 bits per heavy atom. The van der Waals surface area contributed by atoms with Gasteiger partial charge in [-0.15, -0.1) is 11.8 Å². The molecule has 0 unspecified atom stereocenters. The predicted molar refractivity (Wildman–Crippen MR) is 47.8 cm³/mol. The molecule has 0 saturated heterocycles. The third-order valence-corrected chi connectivity index (χ3v) is 2.06. The van der Waals surface area contributed by atoms with E-state index in [0.29, 0.717) is 5.75 Å². The van der Waals surface area contributed by atoms with Crippen molar-refractivity contribution in [3.63, 3.8) is 0 Å². The minimum Gasteiger partial charge on any atom is -0.384 e. The molecular formula is C7H8F3N3S. The molecule has 78 valence electrons. The van der Waals surface area contributed by atoms with Crippen LogP contribution >= 0.6 is 11.8 Å². The van der Waals surface area contributed by atoms with E-state index in [2.05, 4.69) is 9.97 Å². The van der Waals surface area contributed by atoms with Crippen LogP contribution in [0, 0.1) is 0 Å². The third-order valence-electron chi connectivity index (χ3n) is 1.27. The van der Waals surface area contributed by atoms with Crippen LogP contribution in [-0.4, -0.2) is 15.7 Å². The fraction of sp³-hybridized carbons (Fsp3) is 0.429. The Hall–Kier alpha value is -0.980. The van der Waals surface area contributed by atoms with Crippen molar-refractivity contribution in [1.82, 2.24) is 9.97 Å². The number of hydrogen-bond acceptors (Lipinski definition) is 4. The third kappa shape index (κ3) is 2.76. The molecule has 0 aliphatic rings. The van der Waals surface area contributed by atoms with Gasteiger partial charge < -0.3 is 5.73 Å². The molecule has 14 heavy (non-hydrogen) atoms. The number of nitrogen functional groups attached to an aromatic ring is 1. The van der Waals surface area contributed by atoms with Crippen LogP contribution in [-0.2, 0) is 6.18 Å². The molecule has 0 fully saturated rings. The highest BCUT2D eigenvalue weighted by Crippen LogP contribution is 2.28. The van der Waals surface area contributed by atoms with Crippen molar-refractivity contribution in [3.05, 3.63) is 11.9 Å². The molecule has 1 aromatic rings. The fourth-order valence-corrected chi connectivity index (χ4v) is 1.44. The zero-order valence-corrected chi connectivity index (χ0v) is 8.11. The van der Waals surface area contributed by atoms with Crippen LogP contribution in [0.3, 0.4) is 0 Å². The first-order valence-electron chi connectivity index (χ1n) is 3.78. The Balaban J connectivity index is 3.07. The lowest BCUT2D eigenvalue weighted by atomic mass is 10.5. The Labute approximate surface area is 82.9 Å². The molecule has 1 aromatic heterocycles. The summed E-state index contributed by atoms with van der Waals surface area (Å²) in [6, 6.07) is 1.32. The molecular weight excluding hydrogens is 215 g/mol. The minimum absolute atomic E-state index is 0.164. The number of aromatic nitrogens is 2. The quantitative estimate of drug-likeness (QED) is 0.616. The summed E-state index contributed by atoms with van der Waals surface area (Å²) >= 11 is 1.19. The highest BCUT2D eigenvalue weighted by molar-refractivity contribution is 7.99. The molecule has 0 aromatic carbocycles. The summed E-state index contributed by atoms with van der Waals surface area (Å²) in [6.45, 7) is 1.82. The average molecular weight is 223 g/mol. The molecule has 0 atom stereocenters. The maximum atomic E-state index is 12.2. The van der Waals surface area contributed by atoms with Gasteiger partial charge in [-0.25, -0.2) is 9.97 Å². The van der Waals surface area contributed by atoms with Crippen LogP contribution in [0.1, 0.15) is 12.7 Å². The Kier molecular flexibility index (Phi) is 3.20. The highest BCUT2D eigenvalue weighted by atomic mass is 32.2. The second-order valence-corrected chi connectivity index (χ2v) is 3.67. The smallest absolute Gasteiger partial charge is 0.384 e. The molecule has 7 heteroatoms. The molecule has 0 aliphatic carbocycles. The number of thioether (sulfide) groups is 1. The lowest BCUT2D eigenvalue weighted by Gasteiger charge is -2.06. The zero-order valence-electron chi connectivity index (χ0n) is 7.30. The SMILES string of the molecule is CCSc1cc(N)nc(C(F)(F)F)n1. The summed E-state index contributed by atoms with van der Waals surface area (Å²) in [6.07, 6.45) is -4.54. The van der Waals surface area contributed by atoms with Crippen LogP contribution in [0.25, 0.3) is 0 Å². The molecule has 1 heterocycles. The Morgan fingerprint density at radius 3 is 2.57 bits per heavy atom. The molecule has 3 nitrogen and oxygen atoms in total. The lowest BCUT2D eigenvalue weighted by Crippen LogP contribution is -2.12. The van der Waals surface area contributed by atoms with Gasteiger partial charge in [0.05, 0.1) is 0 Å². The van der Waals surface area contributed by atoms with Gasteiger partial charge in [-0.2, -0.15) is 13.2 Å². The van der Waals surface area contributed by atoms with E-state index in [4.69, 9.17) is 5.73 Å². The first-order chi connectivity index (χ1) is 6.43. The van der Waals surface area contributed by atoms with E-state index in [1.807, 2.05) is 6.92 Å². The van der Waals surface area contributed by atoms with Crippen molar-refractivity contribution in [2.45, 2.75) is 18.1 Å². The van der Waals surface area contributed by atoms with E-state index in [0.717, 1.165) is 0 Å². The molecule has 1 rings (SSSR count). The molecule has 0 saturated carbocycles. The molecule has 2 N–H and O–H groups in total. The van der Waals surface area contributed by atoms with Gasteiger partial charge in [-0.05, 0) is 5.75 Å². The summed E-state index contributed by atoms with van der Waals surface area (Å²) in [5.74, 6) is -0.718. The van der Waals surface area contributed by atoms with E-state index in [1.54, 1.807) is 0 Å². The number of nitrogens with zero attached hydrogens (tertiary/aromatic N) is 2. The number of rotatable bonds is 2. The predicted octanol–water partition coefficient (Wildman–Crippen LogP) is 2.19. The summed E-state index contributed by atoms with van der Waals surface area (Å²) in [4.78, 5) is 6.46. The summed E-state index contributed by atoms with van der Waals surface area (Å²) in [7, 11) is 0. The van der Waals surface area contributed by atoms with Crippen LogP contribution in [0.4, 0.5) is 19.0 Å². The maximum Gasteiger partial charge on any atom is 0.451 e. The van der Waals surface area contributed by atoms with E-state index < -0.39 is 12.0 Å². The van der Waals surface area contributed by atoms with E-state index >= 15 is 0 Å². The largest absolute Gasteiger partial charge is 0.451 e. The summed E-state index contributed by atoms with van der Waals surface area (Å²) in [5, 5.41) is 0.243. The lowest BCUT2D eigenvalue weighted by molar-refractivity contribution is -0.145. The summed E-state index contributed by atoms with van der Waals surface area (Å²) in [5.41, 5.74) is 5.22. The average Bonchev–Trinajstić information content (AvgIpc) is 2.02. The van der Waals surface area contributed by atoms with Gasteiger partial charge in [-0.3, -0.25) is 0 Å². The van der Waals surface area contributed by atoms with Crippen molar-refractivity contribution >= 4 is 17.6 Å². The van der Waals surface area contributed by atoms with Gasteiger partial charge in [0, 0.05) is 6.07 Å². The Morgan fingerprint density at radius 1 is 1.43 bits per heavy atom. The second-order valence-electron chi connectivity index (χ2n) is 2.39. The van der Waals surface area contributed by atoms with Gasteiger partial charge in [-0.1, -0.05) is 6.92 Å². The van der Waals surface area contributed by atoms with E-state index in [1.165, 1.54) is 17.8 Å². The van der Waals surface area contributed by atoms with Crippen molar-refractivity contribution < 1.29 is 13.2 Å². The van der Waals surface area contributed by atoms with Crippen molar-refractivity contribution in [1.29, 1.82) is 0 Å². The number of alkyl halides is 3. The highest BCUT2D eigenvalue weighted by Gasteiger charge is 2.35. The topological polar surface area (TPSA) is 51.8 Å². The van der Waals surface area contributed by atoms with Crippen LogP contribution < -0.4 is 5.73 Å². The van der Waals surface area contributed by atoms with E-state index in [-0.39, 0.29) is 10.8 Å². The first-order valence-corrected chi connectivity index (χ1v) is 4.76. The summed E-state index contributed by atoms with van der Waals surface area (Å²) < 4.78 is 36.6. The van der Waals surface area contributed by atoms with Crippen LogP contribution in [0.15, 0.2) is 11.1 Å². The molecule has 0 spiro atoms. The Bertz CT molecular complexity index is 326. The number of hydrogen-bond donors (Lipinski definition) is 1. The van der Waals surface area contributed by atoms with Gasteiger partial charge in [0.1, 0.15) is 10.8 Å². The minimum atomic E-state index is -4.54. The maximum absolute atomic E-state index is 12.2. The van der Waals surface area contributed by atoms with Gasteiger partial charge >= 0.3 is 6.18 Å². The molecule has 0 radical (unpaired) electrons. The molecule has 0 bridgehead atoms. The van der Waals surface area contributed by atoms with Gasteiger partial charge in [0.2, 0.25) is 5.82 Å². The first kappa shape index (κ1) is 11.1. The van der Waals surface area contributed by atoms with Crippen molar-refractivity contribution in [3.8, 4) is 0 Å².